The summed E-state index contributed by atoms with van der Waals surface area (Å²) in [6.07, 6.45) is 3.82. The summed E-state index contributed by atoms with van der Waals surface area (Å²) < 4.78 is 1.25. The first-order valence-electron chi connectivity index (χ1n) is 9.89. The fraction of sp³-hybridized carbons (Fsp3) is 0.115. The Balaban J connectivity index is 1.39. The molecule has 0 saturated carbocycles. The smallest absolute Gasteiger partial charge is 0.0991 e. The molecule has 3 nitrogen and oxygen atoms in total. The lowest BCUT2D eigenvalue weighted by molar-refractivity contribution is 0.853. The molecule has 0 saturated heterocycles. The Morgan fingerprint density at radius 3 is 2.67 bits per heavy atom. The molecule has 4 rings (SSSR count). The molecular weight excluding hydrogens is 481 g/mol. The lowest BCUT2D eigenvalue weighted by atomic mass is 10.0. The van der Waals surface area contributed by atoms with E-state index in [1.165, 1.54) is 25.6 Å². The summed E-state index contributed by atoms with van der Waals surface area (Å²) in [5, 5.41) is 13.9. The molecule has 0 atom stereocenters. The zero-order chi connectivity index (χ0) is 20.9. The van der Waals surface area contributed by atoms with Gasteiger partial charge in [-0.2, -0.15) is 5.26 Å². The first-order valence-corrected chi connectivity index (χ1v) is 11.0. The van der Waals surface area contributed by atoms with Crippen molar-refractivity contribution in [1.29, 1.82) is 5.26 Å². The highest BCUT2D eigenvalue weighted by molar-refractivity contribution is 14.1. The third-order valence-electron chi connectivity index (χ3n) is 5.20. The van der Waals surface area contributed by atoms with E-state index in [9.17, 15) is 0 Å². The van der Waals surface area contributed by atoms with Crippen molar-refractivity contribution in [2.45, 2.75) is 12.8 Å². The summed E-state index contributed by atoms with van der Waals surface area (Å²) in [5.74, 6) is 0. The van der Waals surface area contributed by atoms with E-state index in [0.717, 1.165) is 36.2 Å². The Bertz CT molecular complexity index is 1250. The molecular formula is C26H22IN3. The topological polar surface area (TPSA) is 51.6 Å². The van der Waals surface area contributed by atoms with Crippen LogP contribution in [0.4, 0.5) is 0 Å². The van der Waals surface area contributed by atoms with Crippen molar-refractivity contribution in [3.05, 3.63) is 111 Å². The number of nitrogens with zero attached hydrogens (tertiary/aromatic N) is 1. The first kappa shape index (κ1) is 20.2. The molecule has 2 N–H and O–H groups in total. The standard InChI is InChI=1S/C26H22IN3/c1-18(29-11-10-23-17-30-26-9-8-24(27)15-25(23)26)22-7-3-5-20(14-22)12-19-4-2-6-21(13-19)16-28/h2-9,13-15,17,29-30H,1,10-12H2. The minimum Gasteiger partial charge on any atom is -0.385 e. The molecule has 0 bridgehead atoms. The lowest BCUT2D eigenvalue weighted by Gasteiger charge is -2.11. The molecule has 0 aliphatic rings. The highest BCUT2D eigenvalue weighted by Gasteiger charge is 2.06. The van der Waals surface area contributed by atoms with E-state index in [1.807, 2.05) is 18.2 Å². The number of hydrogen-bond acceptors (Lipinski definition) is 2. The summed E-state index contributed by atoms with van der Waals surface area (Å²) >= 11 is 2.35. The number of aromatic amines is 1. The molecule has 0 aliphatic carbocycles. The molecule has 0 spiro atoms. The number of H-pyrrole nitrogens is 1. The van der Waals surface area contributed by atoms with Gasteiger partial charge < -0.3 is 10.3 Å². The van der Waals surface area contributed by atoms with Crippen LogP contribution < -0.4 is 5.32 Å². The Labute approximate surface area is 190 Å². The van der Waals surface area contributed by atoms with Gasteiger partial charge in [-0.1, -0.05) is 36.9 Å². The maximum absolute atomic E-state index is 9.10. The second kappa shape index (κ2) is 9.19. The van der Waals surface area contributed by atoms with Gasteiger partial charge in [-0.3, -0.25) is 0 Å². The molecule has 1 aromatic heterocycles. The normalized spacial score (nSPS) is 10.7. The van der Waals surface area contributed by atoms with Gasteiger partial charge in [0.25, 0.3) is 0 Å². The van der Waals surface area contributed by atoms with E-state index in [0.29, 0.717) is 5.56 Å². The van der Waals surface area contributed by atoms with Crippen LogP contribution in [0.15, 0.2) is 79.5 Å². The highest BCUT2D eigenvalue weighted by atomic mass is 127. The predicted octanol–water partition coefficient (Wildman–Crippen LogP) is 6.04. The van der Waals surface area contributed by atoms with Gasteiger partial charge >= 0.3 is 0 Å². The van der Waals surface area contributed by atoms with Gasteiger partial charge in [0.1, 0.15) is 0 Å². The van der Waals surface area contributed by atoms with Crippen molar-refractivity contribution in [3.8, 4) is 6.07 Å². The summed E-state index contributed by atoms with van der Waals surface area (Å²) in [5.41, 5.74) is 7.55. The van der Waals surface area contributed by atoms with Crippen LogP contribution in [0.3, 0.4) is 0 Å². The van der Waals surface area contributed by atoms with Gasteiger partial charge in [0.2, 0.25) is 0 Å². The zero-order valence-corrected chi connectivity index (χ0v) is 18.7. The highest BCUT2D eigenvalue weighted by Crippen LogP contribution is 2.21. The van der Waals surface area contributed by atoms with Gasteiger partial charge in [0.15, 0.2) is 0 Å². The Morgan fingerprint density at radius 2 is 1.83 bits per heavy atom. The van der Waals surface area contributed by atoms with Crippen LogP contribution in [0.5, 0.6) is 0 Å². The minimum atomic E-state index is 0.696. The second-order valence-corrected chi connectivity index (χ2v) is 8.59. The Morgan fingerprint density at radius 1 is 1.03 bits per heavy atom. The van der Waals surface area contributed by atoms with Gasteiger partial charge in [-0.05, 0) is 94.1 Å². The van der Waals surface area contributed by atoms with Crippen molar-refractivity contribution in [2.24, 2.45) is 0 Å². The molecule has 4 heteroatoms. The maximum Gasteiger partial charge on any atom is 0.0991 e. The lowest BCUT2D eigenvalue weighted by Crippen LogP contribution is -2.15. The molecule has 0 aliphatic heterocycles. The van der Waals surface area contributed by atoms with Crippen LogP contribution in [-0.4, -0.2) is 11.5 Å². The van der Waals surface area contributed by atoms with Gasteiger partial charge in [-0.15, -0.1) is 0 Å². The van der Waals surface area contributed by atoms with Gasteiger partial charge in [-0.25, -0.2) is 0 Å². The summed E-state index contributed by atoms with van der Waals surface area (Å²) in [6.45, 7) is 5.06. The maximum atomic E-state index is 9.10. The van der Waals surface area contributed by atoms with Gasteiger partial charge in [0, 0.05) is 32.9 Å². The number of fused-ring (bicyclic) bond motifs is 1. The molecule has 1 heterocycles. The van der Waals surface area contributed by atoms with Crippen LogP contribution in [0.2, 0.25) is 0 Å². The summed E-state index contributed by atoms with van der Waals surface area (Å²) in [6, 6.07) is 24.9. The number of hydrogen-bond donors (Lipinski definition) is 2. The number of halogens is 1. The summed E-state index contributed by atoms with van der Waals surface area (Å²) in [7, 11) is 0. The fourth-order valence-electron chi connectivity index (χ4n) is 3.66. The average Bonchev–Trinajstić information content (AvgIpc) is 3.16. The van der Waals surface area contributed by atoms with E-state index in [1.54, 1.807) is 0 Å². The van der Waals surface area contributed by atoms with E-state index >= 15 is 0 Å². The molecule has 4 aromatic rings. The molecule has 148 valence electrons. The molecule has 0 radical (unpaired) electrons. The van der Waals surface area contributed by atoms with Crippen LogP contribution in [0.1, 0.15) is 27.8 Å². The van der Waals surface area contributed by atoms with E-state index in [2.05, 4.69) is 100 Å². The molecule has 3 aromatic carbocycles. The van der Waals surface area contributed by atoms with E-state index < -0.39 is 0 Å². The second-order valence-electron chi connectivity index (χ2n) is 7.35. The largest absolute Gasteiger partial charge is 0.385 e. The van der Waals surface area contributed by atoms with Crippen molar-refractivity contribution >= 4 is 39.2 Å². The molecule has 0 amide bonds. The number of aromatic nitrogens is 1. The van der Waals surface area contributed by atoms with Crippen molar-refractivity contribution in [3.63, 3.8) is 0 Å². The van der Waals surface area contributed by atoms with Crippen LogP contribution in [0, 0.1) is 14.9 Å². The Kier molecular flexibility index (Phi) is 6.20. The number of nitriles is 1. The van der Waals surface area contributed by atoms with Crippen LogP contribution >= 0.6 is 22.6 Å². The SMILES string of the molecule is C=C(NCCc1c[nH]c2ccc(I)cc12)c1cccc(Cc2cccc(C#N)c2)c1. The zero-order valence-electron chi connectivity index (χ0n) is 16.6. The average molecular weight is 503 g/mol. The van der Waals surface area contributed by atoms with Crippen molar-refractivity contribution in [2.75, 3.05) is 6.54 Å². The predicted molar refractivity (Wildman–Crippen MR) is 132 cm³/mol. The van der Waals surface area contributed by atoms with Crippen LogP contribution in [0.25, 0.3) is 16.6 Å². The van der Waals surface area contributed by atoms with E-state index in [4.69, 9.17) is 5.26 Å². The van der Waals surface area contributed by atoms with Gasteiger partial charge in [0.05, 0.1) is 11.6 Å². The Hall–Kier alpha value is -3.04. The molecule has 0 unspecified atom stereocenters. The van der Waals surface area contributed by atoms with Crippen molar-refractivity contribution < 1.29 is 0 Å². The first-order chi connectivity index (χ1) is 14.6. The number of benzene rings is 3. The minimum absolute atomic E-state index is 0.696. The number of rotatable bonds is 7. The fourth-order valence-corrected chi connectivity index (χ4v) is 4.15. The van der Waals surface area contributed by atoms with E-state index in [-0.39, 0.29) is 0 Å². The third-order valence-corrected chi connectivity index (χ3v) is 5.87. The molecule has 0 fully saturated rings. The van der Waals surface area contributed by atoms with Crippen LogP contribution in [-0.2, 0) is 12.8 Å². The number of nitrogens with one attached hydrogen (secondary N) is 2. The van der Waals surface area contributed by atoms with Crippen molar-refractivity contribution in [1.82, 2.24) is 10.3 Å². The quantitative estimate of drug-likeness (QED) is 0.302. The third kappa shape index (κ3) is 4.74. The summed E-state index contributed by atoms with van der Waals surface area (Å²) in [4.78, 5) is 3.35. The molecule has 30 heavy (non-hydrogen) atoms. The monoisotopic (exact) mass is 503 g/mol.